The molecule has 2 rings (SSSR count). The summed E-state index contributed by atoms with van der Waals surface area (Å²) in [6.45, 7) is 14.1. The van der Waals surface area contributed by atoms with E-state index in [1.54, 1.807) is 0 Å². The fourth-order valence-electron chi connectivity index (χ4n) is 2.82. The predicted molar refractivity (Wildman–Crippen MR) is 79.7 cm³/mol. The second kappa shape index (κ2) is 6.39. The Labute approximate surface area is 116 Å². The lowest BCUT2D eigenvalue weighted by molar-refractivity contribution is 0.269. The summed E-state index contributed by atoms with van der Waals surface area (Å²) >= 11 is 0. The number of piperazine rings is 1. The molecule has 1 N–H and O–H groups in total. The first kappa shape index (κ1) is 14.3. The molecule has 2 heterocycles. The molecule has 108 valence electrons. The third-order valence-electron chi connectivity index (χ3n) is 3.98. The van der Waals surface area contributed by atoms with E-state index in [2.05, 4.69) is 48.0 Å². The average molecular weight is 265 g/mol. The van der Waals surface area contributed by atoms with Gasteiger partial charge in [0.2, 0.25) is 0 Å². The maximum absolute atomic E-state index is 4.60. The zero-order valence-corrected chi connectivity index (χ0v) is 12.7. The molecule has 1 fully saturated rings. The van der Waals surface area contributed by atoms with E-state index in [1.807, 2.05) is 4.68 Å². The molecule has 5 heteroatoms. The van der Waals surface area contributed by atoms with Gasteiger partial charge in [-0.15, -0.1) is 0 Å². The zero-order valence-electron chi connectivity index (χ0n) is 12.7. The second-order valence-corrected chi connectivity index (χ2v) is 5.21. The number of hydrogen-bond donors (Lipinski definition) is 1. The van der Waals surface area contributed by atoms with Crippen molar-refractivity contribution in [3.8, 4) is 0 Å². The van der Waals surface area contributed by atoms with Gasteiger partial charge in [0, 0.05) is 45.3 Å². The van der Waals surface area contributed by atoms with Gasteiger partial charge in [0.1, 0.15) is 5.82 Å². The first-order valence-corrected chi connectivity index (χ1v) is 7.37. The number of aryl methyl sites for hydroxylation is 2. The monoisotopic (exact) mass is 265 g/mol. The second-order valence-electron chi connectivity index (χ2n) is 5.21. The topological polar surface area (TPSA) is 36.3 Å². The Morgan fingerprint density at radius 3 is 2.42 bits per heavy atom. The standard InChI is InChI=1S/C14H27N5/c1-5-15-11-13-12(3)16-17(4)14(13)19-9-7-18(6-2)8-10-19/h15H,5-11H2,1-4H3. The number of hydrogen-bond acceptors (Lipinski definition) is 4. The van der Waals surface area contributed by atoms with Crippen LogP contribution in [0.15, 0.2) is 0 Å². The fourth-order valence-corrected chi connectivity index (χ4v) is 2.82. The lowest BCUT2D eigenvalue weighted by atomic mass is 10.2. The highest BCUT2D eigenvalue weighted by molar-refractivity contribution is 5.50. The van der Waals surface area contributed by atoms with Crippen LogP contribution in [0.3, 0.4) is 0 Å². The van der Waals surface area contributed by atoms with E-state index >= 15 is 0 Å². The van der Waals surface area contributed by atoms with Crippen LogP contribution < -0.4 is 10.2 Å². The van der Waals surface area contributed by atoms with Crippen LogP contribution in [0.1, 0.15) is 25.1 Å². The number of likely N-dealkylation sites (N-methyl/N-ethyl adjacent to an activating group) is 1. The van der Waals surface area contributed by atoms with Crippen molar-refractivity contribution in [1.82, 2.24) is 20.0 Å². The molecule has 0 unspecified atom stereocenters. The van der Waals surface area contributed by atoms with E-state index < -0.39 is 0 Å². The van der Waals surface area contributed by atoms with Crippen molar-refractivity contribution in [1.29, 1.82) is 0 Å². The molecule has 19 heavy (non-hydrogen) atoms. The molecule has 1 saturated heterocycles. The molecular weight excluding hydrogens is 238 g/mol. The molecule has 0 saturated carbocycles. The summed E-state index contributed by atoms with van der Waals surface area (Å²) in [5.74, 6) is 1.30. The molecule has 1 aromatic rings. The lowest BCUT2D eigenvalue weighted by Gasteiger charge is -2.35. The molecule has 1 aliphatic heterocycles. The Morgan fingerprint density at radius 2 is 1.84 bits per heavy atom. The average Bonchev–Trinajstić information content (AvgIpc) is 2.71. The highest BCUT2D eigenvalue weighted by atomic mass is 15.4. The number of rotatable bonds is 5. The highest BCUT2D eigenvalue weighted by Crippen LogP contribution is 2.24. The zero-order chi connectivity index (χ0) is 13.8. The molecule has 1 aromatic heterocycles. The Kier molecular flexibility index (Phi) is 4.82. The van der Waals surface area contributed by atoms with Gasteiger partial charge in [-0.05, 0) is 20.0 Å². The minimum Gasteiger partial charge on any atom is -0.354 e. The van der Waals surface area contributed by atoms with Crippen LogP contribution in [0.25, 0.3) is 0 Å². The van der Waals surface area contributed by atoms with Gasteiger partial charge in [-0.1, -0.05) is 13.8 Å². The Balaban J connectivity index is 2.14. The van der Waals surface area contributed by atoms with Crippen molar-refractivity contribution < 1.29 is 0 Å². The molecule has 5 nitrogen and oxygen atoms in total. The van der Waals surface area contributed by atoms with Crippen molar-refractivity contribution >= 4 is 5.82 Å². The maximum atomic E-state index is 4.60. The Morgan fingerprint density at radius 1 is 1.16 bits per heavy atom. The summed E-state index contributed by atoms with van der Waals surface area (Å²) in [5.41, 5.74) is 2.51. The van der Waals surface area contributed by atoms with Crippen molar-refractivity contribution in [2.45, 2.75) is 27.3 Å². The van der Waals surface area contributed by atoms with E-state index in [1.165, 1.54) is 11.4 Å². The quantitative estimate of drug-likeness (QED) is 0.861. The summed E-state index contributed by atoms with van der Waals surface area (Å²) < 4.78 is 2.05. The van der Waals surface area contributed by atoms with Gasteiger partial charge in [-0.3, -0.25) is 4.68 Å². The van der Waals surface area contributed by atoms with Crippen LogP contribution in [0.5, 0.6) is 0 Å². The molecule has 0 spiro atoms. The highest BCUT2D eigenvalue weighted by Gasteiger charge is 2.22. The van der Waals surface area contributed by atoms with Gasteiger partial charge in [-0.25, -0.2) is 0 Å². The summed E-state index contributed by atoms with van der Waals surface area (Å²) in [7, 11) is 2.06. The molecule has 0 aromatic carbocycles. The van der Waals surface area contributed by atoms with Crippen LogP contribution in [0.4, 0.5) is 5.82 Å². The van der Waals surface area contributed by atoms with Crippen LogP contribution in [0.2, 0.25) is 0 Å². The minimum absolute atomic E-state index is 0.916. The fraction of sp³-hybridized carbons (Fsp3) is 0.786. The van der Waals surface area contributed by atoms with Crippen LogP contribution in [-0.2, 0) is 13.6 Å². The van der Waals surface area contributed by atoms with Crippen molar-refractivity contribution in [3.63, 3.8) is 0 Å². The largest absolute Gasteiger partial charge is 0.354 e. The van der Waals surface area contributed by atoms with Gasteiger partial charge in [0.25, 0.3) is 0 Å². The summed E-state index contributed by atoms with van der Waals surface area (Å²) in [5, 5.41) is 8.03. The molecule has 0 atom stereocenters. The Hall–Kier alpha value is -1.07. The lowest BCUT2D eigenvalue weighted by Crippen LogP contribution is -2.47. The normalized spacial score (nSPS) is 17.2. The number of nitrogens with zero attached hydrogens (tertiary/aromatic N) is 4. The van der Waals surface area contributed by atoms with Crippen LogP contribution in [0, 0.1) is 6.92 Å². The van der Waals surface area contributed by atoms with Crippen molar-refractivity contribution in [3.05, 3.63) is 11.3 Å². The van der Waals surface area contributed by atoms with Gasteiger partial charge >= 0.3 is 0 Å². The SMILES string of the molecule is CCNCc1c(C)nn(C)c1N1CCN(CC)CC1. The Bertz CT molecular complexity index is 404. The smallest absolute Gasteiger partial charge is 0.131 e. The van der Waals surface area contributed by atoms with E-state index in [0.717, 1.165) is 51.5 Å². The van der Waals surface area contributed by atoms with Crippen molar-refractivity contribution in [2.75, 3.05) is 44.2 Å². The van der Waals surface area contributed by atoms with Gasteiger partial charge < -0.3 is 15.1 Å². The van der Waals surface area contributed by atoms with Gasteiger partial charge in [0.15, 0.2) is 0 Å². The number of nitrogens with one attached hydrogen (secondary N) is 1. The molecule has 1 aliphatic rings. The van der Waals surface area contributed by atoms with Crippen LogP contribution >= 0.6 is 0 Å². The van der Waals surface area contributed by atoms with E-state index in [-0.39, 0.29) is 0 Å². The van der Waals surface area contributed by atoms with Crippen LogP contribution in [-0.4, -0.2) is 53.9 Å². The van der Waals surface area contributed by atoms with E-state index in [0.29, 0.717) is 0 Å². The summed E-state index contributed by atoms with van der Waals surface area (Å²) in [6, 6.07) is 0. The van der Waals surface area contributed by atoms with Crippen molar-refractivity contribution in [2.24, 2.45) is 7.05 Å². The molecule has 0 amide bonds. The first-order chi connectivity index (χ1) is 9.17. The minimum atomic E-state index is 0.916. The van der Waals surface area contributed by atoms with E-state index in [4.69, 9.17) is 0 Å². The first-order valence-electron chi connectivity index (χ1n) is 7.37. The number of aromatic nitrogens is 2. The summed E-state index contributed by atoms with van der Waals surface area (Å²) in [6.07, 6.45) is 0. The molecule has 0 aliphatic carbocycles. The molecular formula is C14H27N5. The predicted octanol–water partition coefficient (Wildman–Crippen LogP) is 0.980. The number of anilines is 1. The van der Waals surface area contributed by atoms with Gasteiger partial charge in [0.05, 0.1) is 5.69 Å². The molecule has 0 radical (unpaired) electrons. The third kappa shape index (κ3) is 3.09. The molecule has 0 bridgehead atoms. The summed E-state index contributed by atoms with van der Waals surface area (Å²) in [4.78, 5) is 4.99. The third-order valence-corrected chi connectivity index (χ3v) is 3.98. The van der Waals surface area contributed by atoms with E-state index in [9.17, 15) is 0 Å². The maximum Gasteiger partial charge on any atom is 0.131 e. The van der Waals surface area contributed by atoms with Gasteiger partial charge in [-0.2, -0.15) is 5.10 Å².